The summed E-state index contributed by atoms with van der Waals surface area (Å²) in [6.07, 6.45) is -0.0304. The summed E-state index contributed by atoms with van der Waals surface area (Å²) in [6, 6.07) is 20.6. The number of pyridine rings is 1. The third-order valence-electron chi connectivity index (χ3n) is 11.3. The summed E-state index contributed by atoms with van der Waals surface area (Å²) in [5, 5.41) is 6.23. The van der Waals surface area contributed by atoms with E-state index in [1.165, 1.54) is 23.1 Å². The van der Waals surface area contributed by atoms with Crippen LogP contribution in [0.15, 0.2) is 96.4 Å². The predicted octanol–water partition coefficient (Wildman–Crippen LogP) is 7.06. The van der Waals surface area contributed by atoms with Gasteiger partial charge in [0.15, 0.2) is 0 Å². The van der Waals surface area contributed by atoms with Crippen LogP contribution in [0.2, 0.25) is 0 Å². The summed E-state index contributed by atoms with van der Waals surface area (Å²) < 4.78 is 47.1. The maximum Gasteiger partial charge on any atom is 0.408 e. The predicted molar refractivity (Wildman–Crippen MR) is 241 cm³/mol. The van der Waals surface area contributed by atoms with Gasteiger partial charge in [0, 0.05) is 35.4 Å². The Morgan fingerprint density at radius 3 is 2.16 bits per heavy atom. The number of amides is 4. The van der Waals surface area contributed by atoms with Gasteiger partial charge in [-0.15, -0.1) is 6.58 Å². The number of fused-ring (bicyclic) bond motifs is 1. The first-order chi connectivity index (χ1) is 29.3. The largest absolute Gasteiger partial charge is 0.497 e. The van der Waals surface area contributed by atoms with Crippen molar-refractivity contribution < 1.29 is 41.8 Å². The molecular weight excluding hydrogens is 823 g/mol. The van der Waals surface area contributed by atoms with Crippen LogP contribution in [-0.2, 0) is 34.6 Å². The molecule has 1 aliphatic carbocycles. The van der Waals surface area contributed by atoms with E-state index in [4.69, 9.17) is 19.2 Å². The van der Waals surface area contributed by atoms with E-state index in [-0.39, 0.29) is 29.7 Å². The van der Waals surface area contributed by atoms with Crippen molar-refractivity contribution in [3.05, 3.63) is 97.1 Å². The summed E-state index contributed by atoms with van der Waals surface area (Å²) in [6.45, 7) is 20.2. The minimum atomic E-state index is -4.35. The molecule has 4 amide bonds. The van der Waals surface area contributed by atoms with Crippen LogP contribution in [0.1, 0.15) is 80.7 Å². The Balaban J connectivity index is 1.34. The lowest BCUT2D eigenvalue weighted by Crippen LogP contribution is -2.60. The molecule has 15 heteroatoms. The fourth-order valence-corrected chi connectivity index (χ4v) is 8.73. The van der Waals surface area contributed by atoms with Crippen LogP contribution in [-0.4, -0.2) is 85.1 Å². The third kappa shape index (κ3) is 10.5. The molecule has 0 bridgehead atoms. The van der Waals surface area contributed by atoms with Crippen molar-refractivity contribution in [2.24, 2.45) is 11.3 Å². The second-order valence-electron chi connectivity index (χ2n) is 19.4. The molecule has 4 aromatic rings. The second-order valence-corrected chi connectivity index (χ2v) is 21.1. The zero-order valence-corrected chi connectivity index (χ0v) is 38.5. The molecule has 2 heterocycles. The molecule has 1 aromatic heterocycles. The van der Waals surface area contributed by atoms with Gasteiger partial charge in [-0.1, -0.05) is 90.1 Å². The monoisotopic (exact) mass is 881 g/mol. The molecule has 0 spiro atoms. The van der Waals surface area contributed by atoms with Crippen molar-refractivity contribution >= 4 is 44.7 Å². The smallest absolute Gasteiger partial charge is 0.408 e. The highest BCUT2D eigenvalue weighted by Crippen LogP contribution is 2.45. The number of carbonyl (C=O) groups is 4. The fourth-order valence-electron chi connectivity index (χ4n) is 7.70. The lowest BCUT2D eigenvalue weighted by atomic mass is 9.85. The Bertz CT molecular complexity index is 2510. The topological polar surface area (TPSA) is 182 Å². The molecule has 5 atom stereocenters. The molecular formula is C48H59N5O9S. The van der Waals surface area contributed by atoms with Crippen LogP contribution in [0.5, 0.6) is 11.5 Å². The second kappa shape index (κ2) is 17.3. The molecule has 14 nitrogen and oxygen atoms in total. The van der Waals surface area contributed by atoms with Gasteiger partial charge in [0.1, 0.15) is 40.8 Å². The zero-order valence-electron chi connectivity index (χ0n) is 37.7. The summed E-state index contributed by atoms with van der Waals surface area (Å²) >= 11 is 0. The number of rotatable bonds is 12. The van der Waals surface area contributed by atoms with Crippen molar-refractivity contribution in [1.82, 2.24) is 25.2 Å². The Morgan fingerprint density at radius 2 is 1.59 bits per heavy atom. The number of nitrogens with zero attached hydrogens (tertiary/aromatic N) is 2. The van der Waals surface area contributed by atoms with Crippen molar-refractivity contribution in [2.45, 2.75) is 115 Å². The van der Waals surface area contributed by atoms with Gasteiger partial charge in [0.25, 0.3) is 15.9 Å². The minimum absolute atomic E-state index is 0.0175. The first-order valence-electron chi connectivity index (χ1n) is 21.0. The first-order valence-corrected chi connectivity index (χ1v) is 22.5. The highest BCUT2D eigenvalue weighted by atomic mass is 32.2. The van der Waals surface area contributed by atoms with Crippen LogP contribution in [0.25, 0.3) is 22.2 Å². The first kappa shape index (κ1) is 46.5. The quantitative estimate of drug-likeness (QED) is 0.125. The third-order valence-corrected chi connectivity index (χ3v) is 12.6. The number of alkyl carbamates (subject to hydrolysis) is 1. The van der Waals surface area contributed by atoms with Gasteiger partial charge in [-0.05, 0) is 67.9 Å². The Labute approximate surface area is 370 Å². The Morgan fingerprint density at radius 1 is 0.921 bits per heavy atom. The lowest BCUT2D eigenvalue weighted by molar-refractivity contribution is -0.143. The number of likely N-dealkylation sites (tertiary alicyclic amines) is 1. The van der Waals surface area contributed by atoms with E-state index in [1.54, 1.807) is 79.0 Å². The van der Waals surface area contributed by atoms with Crippen molar-refractivity contribution in [2.75, 3.05) is 13.7 Å². The number of benzene rings is 3. The van der Waals surface area contributed by atoms with Crippen molar-refractivity contribution in [3.8, 4) is 22.8 Å². The average Bonchev–Trinajstić information content (AvgIpc) is 3.77. The maximum absolute atomic E-state index is 14.8. The van der Waals surface area contributed by atoms with E-state index < -0.39 is 74.5 Å². The number of carbonyl (C=O) groups excluding carboxylic acids is 4. The maximum atomic E-state index is 14.8. The minimum Gasteiger partial charge on any atom is -0.497 e. The molecule has 336 valence electrons. The summed E-state index contributed by atoms with van der Waals surface area (Å²) in [7, 11) is -2.79. The molecule has 1 saturated heterocycles. The van der Waals surface area contributed by atoms with Gasteiger partial charge in [-0.2, -0.15) is 0 Å². The van der Waals surface area contributed by atoms with E-state index in [0.717, 1.165) is 11.1 Å². The number of methoxy groups -OCH3 is 1. The summed E-state index contributed by atoms with van der Waals surface area (Å²) in [5.74, 6) is -1.79. The van der Waals surface area contributed by atoms with Crippen LogP contribution in [0.3, 0.4) is 0 Å². The molecule has 2 aliphatic rings. The van der Waals surface area contributed by atoms with Gasteiger partial charge in [0.2, 0.25) is 11.8 Å². The van der Waals surface area contributed by atoms with Gasteiger partial charge in [-0.3, -0.25) is 14.4 Å². The van der Waals surface area contributed by atoms with E-state index in [9.17, 15) is 27.6 Å². The molecule has 0 radical (unpaired) electrons. The molecule has 1 saturated carbocycles. The Hall–Kier alpha value is -5.96. The van der Waals surface area contributed by atoms with E-state index >= 15 is 0 Å². The van der Waals surface area contributed by atoms with Crippen LogP contribution in [0.4, 0.5) is 4.79 Å². The summed E-state index contributed by atoms with van der Waals surface area (Å²) in [4.78, 5) is 62.8. The number of hydrogen-bond donors (Lipinski definition) is 3. The average molecular weight is 882 g/mol. The van der Waals surface area contributed by atoms with Gasteiger partial charge in [-0.25, -0.2) is 22.9 Å². The van der Waals surface area contributed by atoms with Gasteiger partial charge < -0.3 is 29.7 Å². The standard InChI is InChI=1S/C48H59N5O9S/c1-12-30-27-48(30,43(56)52-63(58,59)34-21-18-31(19-22-34)45(2,3)4)51-41(54)38-25-33(28-53(38)42(55)40(46(5,6)7)50-44(57)62-47(8,9)10)61-39-26-36(29-16-14-13-15-17-29)49-37-24-32(60-11)20-23-35(37)39/h12-24,26,30,33,38,40H,1,25,27-28H2,2-11H3,(H,50,57)(H,51,54)(H,52,56)/t30?,33-,38+,40?,48-/m1/s1. The number of sulfonamides is 1. The van der Waals surface area contributed by atoms with Crippen LogP contribution in [0, 0.1) is 11.3 Å². The molecule has 3 aromatic carbocycles. The Kier molecular flexibility index (Phi) is 12.8. The van der Waals surface area contributed by atoms with Crippen LogP contribution >= 0.6 is 0 Å². The molecule has 2 unspecified atom stereocenters. The van der Waals surface area contributed by atoms with Crippen molar-refractivity contribution in [3.63, 3.8) is 0 Å². The number of aromatic nitrogens is 1. The van der Waals surface area contributed by atoms with E-state index in [2.05, 4.69) is 21.9 Å². The zero-order chi connectivity index (χ0) is 46.3. The van der Waals surface area contributed by atoms with E-state index in [1.807, 2.05) is 57.2 Å². The van der Waals surface area contributed by atoms with Crippen molar-refractivity contribution in [1.29, 1.82) is 0 Å². The highest BCUT2D eigenvalue weighted by molar-refractivity contribution is 7.90. The van der Waals surface area contributed by atoms with E-state index in [0.29, 0.717) is 28.1 Å². The van der Waals surface area contributed by atoms with Gasteiger partial charge >= 0.3 is 6.09 Å². The van der Waals surface area contributed by atoms with Gasteiger partial charge in [0.05, 0.1) is 29.8 Å². The SMILES string of the molecule is C=CC1C[C@]1(NC(=O)[C@@H]1C[C@@H](Oc2cc(-c3ccccc3)nc3cc(OC)ccc23)CN1C(=O)C(NC(=O)OC(C)(C)C)C(C)(C)C)C(=O)NS(=O)(=O)c1ccc(C(C)(C)C)cc1. The number of ether oxygens (including phenoxy) is 3. The number of hydrogen-bond acceptors (Lipinski definition) is 10. The highest BCUT2D eigenvalue weighted by Gasteiger charge is 2.61. The normalized spacial score (nSPS) is 20.6. The molecule has 2 fully saturated rings. The molecule has 1 aliphatic heterocycles. The number of nitrogens with one attached hydrogen (secondary N) is 3. The molecule has 63 heavy (non-hydrogen) atoms. The summed E-state index contributed by atoms with van der Waals surface area (Å²) in [5.41, 5.74) is -0.650. The fraction of sp³-hybridized carbons (Fsp3) is 0.438. The molecule has 6 rings (SSSR count). The lowest BCUT2D eigenvalue weighted by Gasteiger charge is -2.36. The molecule has 3 N–H and O–H groups in total. The van der Waals surface area contributed by atoms with Crippen LogP contribution < -0.4 is 24.8 Å².